The zero-order chi connectivity index (χ0) is 15.2. The number of hydrogen-bond acceptors (Lipinski definition) is 1. The van der Waals surface area contributed by atoms with E-state index in [1.165, 1.54) is 11.1 Å². The molecule has 0 aliphatic carbocycles. The van der Waals surface area contributed by atoms with E-state index in [9.17, 15) is 0 Å². The number of halogens is 2. The molecule has 0 heterocycles. The van der Waals surface area contributed by atoms with Crippen molar-refractivity contribution in [2.24, 2.45) is 0 Å². The summed E-state index contributed by atoms with van der Waals surface area (Å²) in [5, 5.41) is 4.38. The SMILES string of the molecule is CC(C)NCC(Cc1ccccc1Br)c1ccccc1Cl. The Morgan fingerprint density at radius 2 is 1.71 bits per heavy atom. The van der Waals surface area contributed by atoms with E-state index in [1.807, 2.05) is 18.2 Å². The van der Waals surface area contributed by atoms with Gasteiger partial charge in [0.25, 0.3) is 0 Å². The van der Waals surface area contributed by atoms with Gasteiger partial charge in [-0.25, -0.2) is 0 Å². The Kier molecular flexibility index (Phi) is 6.28. The van der Waals surface area contributed by atoms with Gasteiger partial charge in [0, 0.05) is 28.0 Å². The first-order chi connectivity index (χ1) is 10.1. The van der Waals surface area contributed by atoms with Crippen molar-refractivity contribution in [1.29, 1.82) is 0 Å². The fourth-order valence-corrected chi connectivity index (χ4v) is 3.14. The van der Waals surface area contributed by atoms with Crippen LogP contribution in [0.2, 0.25) is 5.02 Å². The van der Waals surface area contributed by atoms with Crippen LogP contribution in [0.5, 0.6) is 0 Å². The van der Waals surface area contributed by atoms with E-state index >= 15 is 0 Å². The van der Waals surface area contributed by atoms with E-state index < -0.39 is 0 Å². The Morgan fingerprint density at radius 3 is 2.38 bits per heavy atom. The maximum atomic E-state index is 6.40. The zero-order valence-corrected chi connectivity index (χ0v) is 14.8. The van der Waals surface area contributed by atoms with E-state index in [4.69, 9.17) is 11.6 Å². The van der Waals surface area contributed by atoms with Crippen LogP contribution in [-0.4, -0.2) is 12.6 Å². The standard InChI is InChI=1S/C18H21BrClN/c1-13(2)21-12-15(16-8-4-6-10-18(16)20)11-14-7-3-5-9-17(14)19/h3-10,13,15,21H,11-12H2,1-2H3. The van der Waals surface area contributed by atoms with Gasteiger partial charge in [-0.2, -0.15) is 0 Å². The second-order valence-corrected chi connectivity index (χ2v) is 6.84. The topological polar surface area (TPSA) is 12.0 Å². The van der Waals surface area contributed by atoms with E-state index in [2.05, 4.69) is 65.4 Å². The van der Waals surface area contributed by atoms with Crippen LogP contribution in [0, 0.1) is 0 Å². The molecule has 0 aromatic heterocycles. The van der Waals surface area contributed by atoms with Crippen molar-refractivity contribution in [3.05, 3.63) is 69.2 Å². The molecule has 1 unspecified atom stereocenters. The summed E-state index contributed by atoms with van der Waals surface area (Å²) in [6.07, 6.45) is 0.963. The van der Waals surface area contributed by atoms with Crippen molar-refractivity contribution in [2.45, 2.75) is 32.2 Å². The quantitative estimate of drug-likeness (QED) is 0.719. The predicted molar refractivity (Wildman–Crippen MR) is 95.2 cm³/mol. The summed E-state index contributed by atoms with van der Waals surface area (Å²) in [6, 6.07) is 17.0. The molecule has 0 aliphatic rings. The molecule has 2 aromatic rings. The minimum absolute atomic E-state index is 0.361. The molecule has 2 aromatic carbocycles. The average Bonchev–Trinajstić information content (AvgIpc) is 2.46. The molecule has 0 amide bonds. The summed E-state index contributed by atoms with van der Waals surface area (Å²) in [7, 11) is 0. The highest BCUT2D eigenvalue weighted by atomic mass is 79.9. The first-order valence-electron chi connectivity index (χ1n) is 7.29. The van der Waals surface area contributed by atoms with Crippen molar-refractivity contribution in [2.75, 3.05) is 6.54 Å². The van der Waals surface area contributed by atoms with Gasteiger partial charge in [0.2, 0.25) is 0 Å². The van der Waals surface area contributed by atoms with E-state index in [0.717, 1.165) is 22.5 Å². The molecule has 0 radical (unpaired) electrons. The molecule has 1 nitrogen and oxygen atoms in total. The third kappa shape index (κ3) is 4.84. The maximum absolute atomic E-state index is 6.40. The lowest BCUT2D eigenvalue weighted by Crippen LogP contribution is -2.29. The molecule has 1 N–H and O–H groups in total. The summed E-state index contributed by atoms with van der Waals surface area (Å²) >= 11 is 10.0. The number of nitrogens with one attached hydrogen (secondary N) is 1. The minimum Gasteiger partial charge on any atom is -0.314 e. The van der Waals surface area contributed by atoms with Gasteiger partial charge < -0.3 is 5.32 Å². The van der Waals surface area contributed by atoms with E-state index in [-0.39, 0.29) is 0 Å². The van der Waals surface area contributed by atoms with Gasteiger partial charge in [-0.1, -0.05) is 77.8 Å². The van der Waals surface area contributed by atoms with Gasteiger partial charge in [0.1, 0.15) is 0 Å². The fraction of sp³-hybridized carbons (Fsp3) is 0.333. The summed E-state index contributed by atoms with van der Waals surface area (Å²) in [6.45, 7) is 5.26. The van der Waals surface area contributed by atoms with Crippen LogP contribution in [0.4, 0.5) is 0 Å². The van der Waals surface area contributed by atoms with Crippen LogP contribution in [-0.2, 0) is 6.42 Å². The normalized spacial score (nSPS) is 12.6. The number of hydrogen-bond donors (Lipinski definition) is 1. The van der Waals surface area contributed by atoms with Crippen LogP contribution in [0.15, 0.2) is 53.0 Å². The largest absolute Gasteiger partial charge is 0.314 e. The van der Waals surface area contributed by atoms with Gasteiger partial charge >= 0.3 is 0 Å². The highest BCUT2D eigenvalue weighted by Crippen LogP contribution is 2.29. The molecule has 112 valence electrons. The first kappa shape index (κ1) is 16.5. The molecule has 0 saturated heterocycles. The Balaban J connectivity index is 2.24. The third-order valence-electron chi connectivity index (χ3n) is 3.54. The van der Waals surface area contributed by atoms with Crippen molar-refractivity contribution >= 4 is 27.5 Å². The summed E-state index contributed by atoms with van der Waals surface area (Å²) in [5.41, 5.74) is 2.52. The fourth-order valence-electron chi connectivity index (χ4n) is 2.41. The van der Waals surface area contributed by atoms with Crippen molar-refractivity contribution in [1.82, 2.24) is 5.32 Å². The molecule has 0 spiro atoms. The molecular weight excluding hydrogens is 346 g/mol. The number of rotatable bonds is 6. The molecule has 0 fully saturated rings. The van der Waals surface area contributed by atoms with Crippen LogP contribution in [0.1, 0.15) is 30.9 Å². The van der Waals surface area contributed by atoms with Crippen molar-refractivity contribution in [3.63, 3.8) is 0 Å². The van der Waals surface area contributed by atoms with E-state index in [1.54, 1.807) is 0 Å². The van der Waals surface area contributed by atoms with Gasteiger partial charge in [-0.15, -0.1) is 0 Å². The predicted octanol–water partition coefficient (Wildman–Crippen LogP) is 5.43. The third-order valence-corrected chi connectivity index (χ3v) is 4.66. The molecule has 0 saturated carbocycles. The van der Waals surface area contributed by atoms with Crippen LogP contribution < -0.4 is 5.32 Å². The lowest BCUT2D eigenvalue weighted by molar-refractivity contribution is 0.526. The highest BCUT2D eigenvalue weighted by Gasteiger charge is 2.16. The highest BCUT2D eigenvalue weighted by molar-refractivity contribution is 9.10. The smallest absolute Gasteiger partial charge is 0.0441 e. The minimum atomic E-state index is 0.361. The van der Waals surface area contributed by atoms with Crippen molar-refractivity contribution < 1.29 is 0 Å². The Bertz CT molecular complexity index is 583. The molecule has 21 heavy (non-hydrogen) atoms. The van der Waals surface area contributed by atoms with Gasteiger partial charge in [-0.05, 0) is 29.7 Å². The Hall–Kier alpha value is -0.830. The zero-order valence-electron chi connectivity index (χ0n) is 12.4. The van der Waals surface area contributed by atoms with Gasteiger partial charge in [0.15, 0.2) is 0 Å². The second-order valence-electron chi connectivity index (χ2n) is 5.58. The van der Waals surface area contributed by atoms with Crippen LogP contribution >= 0.6 is 27.5 Å². The first-order valence-corrected chi connectivity index (χ1v) is 8.46. The molecular formula is C18H21BrClN. The summed E-state index contributed by atoms with van der Waals surface area (Å²) in [4.78, 5) is 0. The maximum Gasteiger partial charge on any atom is 0.0441 e. The molecule has 1 atom stereocenters. The molecule has 0 bridgehead atoms. The lowest BCUT2D eigenvalue weighted by Gasteiger charge is -2.21. The van der Waals surface area contributed by atoms with Crippen molar-refractivity contribution in [3.8, 4) is 0 Å². The monoisotopic (exact) mass is 365 g/mol. The second kappa shape index (κ2) is 7.98. The molecule has 0 aliphatic heterocycles. The Labute approximate surface area is 140 Å². The lowest BCUT2D eigenvalue weighted by atomic mass is 9.91. The number of benzene rings is 2. The average molecular weight is 367 g/mol. The summed E-state index contributed by atoms with van der Waals surface area (Å²) < 4.78 is 1.16. The summed E-state index contributed by atoms with van der Waals surface area (Å²) in [5.74, 6) is 0.361. The van der Waals surface area contributed by atoms with Gasteiger partial charge in [0.05, 0.1) is 0 Å². The molecule has 2 rings (SSSR count). The molecule has 3 heteroatoms. The van der Waals surface area contributed by atoms with Gasteiger partial charge in [-0.3, -0.25) is 0 Å². The Morgan fingerprint density at radius 1 is 1.05 bits per heavy atom. The van der Waals surface area contributed by atoms with Crippen LogP contribution in [0.3, 0.4) is 0 Å². The van der Waals surface area contributed by atoms with E-state index in [0.29, 0.717) is 12.0 Å². The van der Waals surface area contributed by atoms with Crippen LogP contribution in [0.25, 0.3) is 0 Å².